The number of hydrogen-bond acceptors (Lipinski definition) is 6. The van der Waals surface area contributed by atoms with E-state index >= 15 is 0 Å². The maximum absolute atomic E-state index is 14.5. The minimum atomic E-state index is -1.13. The van der Waals surface area contributed by atoms with Gasteiger partial charge in [-0.3, -0.25) is 14.4 Å². The number of H-pyrrole nitrogens is 1. The molecule has 1 N–H and O–H groups in total. The number of carbonyl (C=O) groups is 3. The third-order valence-electron chi connectivity index (χ3n) is 6.47. The van der Waals surface area contributed by atoms with Gasteiger partial charge in [-0.2, -0.15) is 0 Å². The van der Waals surface area contributed by atoms with Gasteiger partial charge < -0.3 is 24.1 Å². The molecule has 0 unspecified atom stereocenters. The monoisotopic (exact) mass is 585 g/mol. The highest BCUT2D eigenvalue weighted by molar-refractivity contribution is 5.88. The minimum absolute atomic E-state index is 0.0242. The SMILES string of the molecule is CC(C)Cc1c(F)c(F)cc2[nH]c(Cn3cccc(CC(=O)[C@H](CC/C=C/C(=O)N(C)C)OC(=O)N(C)C)c3=O)nc12. The first-order chi connectivity index (χ1) is 19.8. The van der Waals surface area contributed by atoms with Crippen molar-refractivity contribution < 1.29 is 27.9 Å². The number of nitrogens with zero attached hydrogens (tertiary/aromatic N) is 4. The number of aromatic amines is 1. The molecule has 2 aromatic heterocycles. The summed E-state index contributed by atoms with van der Waals surface area (Å²) in [4.78, 5) is 60.5. The number of hydrogen-bond donors (Lipinski definition) is 1. The summed E-state index contributed by atoms with van der Waals surface area (Å²) in [5.41, 5.74) is 0.531. The lowest BCUT2D eigenvalue weighted by molar-refractivity contribution is -0.127. The molecule has 2 heterocycles. The predicted octanol–water partition coefficient (Wildman–Crippen LogP) is 3.85. The van der Waals surface area contributed by atoms with Crippen LogP contribution in [0.25, 0.3) is 11.0 Å². The highest BCUT2D eigenvalue weighted by Gasteiger charge is 2.25. The van der Waals surface area contributed by atoms with E-state index in [0.29, 0.717) is 29.7 Å². The topological polar surface area (TPSA) is 118 Å². The predicted molar refractivity (Wildman–Crippen MR) is 154 cm³/mol. The van der Waals surface area contributed by atoms with Gasteiger partial charge in [-0.1, -0.05) is 26.0 Å². The lowest BCUT2D eigenvalue weighted by Gasteiger charge is -2.19. The van der Waals surface area contributed by atoms with Gasteiger partial charge in [0.1, 0.15) is 5.82 Å². The Labute approximate surface area is 243 Å². The van der Waals surface area contributed by atoms with Crippen molar-refractivity contribution in [3.05, 3.63) is 75.5 Å². The molecule has 0 fully saturated rings. The van der Waals surface area contributed by atoms with Crippen molar-refractivity contribution in [3.8, 4) is 0 Å². The van der Waals surface area contributed by atoms with Gasteiger partial charge in [0, 0.05) is 58.0 Å². The third kappa shape index (κ3) is 8.11. The van der Waals surface area contributed by atoms with Crippen molar-refractivity contribution in [1.82, 2.24) is 24.3 Å². The molecule has 12 heteroatoms. The molecule has 0 aliphatic carbocycles. The first kappa shape index (κ1) is 32.2. The van der Waals surface area contributed by atoms with Crippen molar-refractivity contribution in [1.29, 1.82) is 0 Å². The molecule has 42 heavy (non-hydrogen) atoms. The quantitative estimate of drug-likeness (QED) is 0.323. The number of benzene rings is 1. The fourth-order valence-electron chi connectivity index (χ4n) is 4.28. The van der Waals surface area contributed by atoms with Gasteiger partial charge >= 0.3 is 6.09 Å². The van der Waals surface area contributed by atoms with Crippen molar-refractivity contribution >= 4 is 28.8 Å². The number of carbonyl (C=O) groups excluding carboxylic acids is 3. The van der Waals surface area contributed by atoms with Crippen LogP contribution in [0.5, 0.6) is 0 Å². The number of rotatable bonds is 12. The fourth-order valence-corrected chi connectivity index (χ4v) is 4.28. The van der Waals surface area contributed by atoms with Crippen LogP contribution >= 0.6 is 0 Å². The Balaban J connectivity index is 1.82. The zero-order valence-electron chi connectivity index (χ0n) is 24.7. The summed E-state index contributed by atoms with van der Waals surface area (Å²) in [6.07, 6.45) is 3.08. The molecule has 0 aliphatic heterocycles. The molecule has 0 saturated carbocycles. The van der Waals surface area contributed by atoms with Crippen molar-refractivity contribution in [2.75, 3.05) is 28.2 Å². The lowest BCUT2D eigenvalue weighted by atomic mass is 10.0. The third-order valence-corrected chi connectivity index (χ3v) is 6.47. The van der Waals surface area contributed by atoms with Gasteiger partial charge in [0.25, 0.3) is 5.56 Å². The Morgan fingerprint density at radius 3 is 2.50 bits per heavy atom. The summed E-state index contributed by atoms with van der Waals surface area (Å²) in [6.45, 7) is 3.76. The second-order valence-electron chi connectivity index (χ2n) is 10.9. The van der Waals surface area contributed by atoms with Crippen LogP contribution in [0.4, 0.5) is 13.6 Å². The smallest absolute Gasteiger partial charge is 0.409 e. The number of ether oxygens (including phenoxy) is 1. The number of Topliss-reactive ketones (excluding diaryl/α,β-unsaturated/α-hetero) is 1. The van der Waals surface area contributed by atoms with Crippen LogP contribution in [-0.4, -0.2) is 76.4 Å². The van der Waals surface area contributed by atoms with Crippen molar-refractivity contribution in [2.24, 2.45) is 5.92 Å². The van der Waals surface area contributed by atoms with Crippen LogP contribution in [0, 0.1) is 17.6 Å². The van der Waals surface area contributed by atoms with E-state index < -0.39 is 35.2 Å². The molecular weight excluding hydrogens is 548 g/mol. The number of fused-ring (bicyclic) bond motifs is 1. The highest BCUT2D eigenvalue weighted by atomic mass is 19.2. The summed E-state index contributed by atoms with van der Waals surface area (Å²) in [7, 11) is 6.20. The first-order valence-electron chi connectivity index (χ1n) is 13.6. The van der Waals surface area contributed by atoms with E-state index in [9.17, 15) is 28.0 Å². The zero-order valence-corrected chi connectivity index (χ0v) is 24.7. The van der Waals surface area contributed by atoms with Gasteiger partial charge in [-0.05, 0) is 37.3 Å². The summed E-state index contributed by atoms with van der Waals surface area (Å²) in [6, 6.07) is 4.16. The number of nitrogens with one attached hydrogen (secondary N) is 1. The Bertz CT molecular complexity index is 1540. The second kappa shape index (κ2) is 14.0. The van der Waals surface area contributed by atoms with Gasteiger partial charge in [0.2, 0.25) is 5.91 Å². The van der Waals surface area contributed by atoms with Crippen LogP contribution in [-0.2, 0) is 33.7 Å². The average Bonchev–Trinajstić information content (AvgIpc) is 3.31. The Morgan fingerprint density at radius 1 is 1.14 bits per heavy atom. The standard InChI is InChI=1S/C30H37F2N5O5/c1-18(2)14-20-27(32)21(31)16-22-28(20)34-25(33-22)17-37-13-9-10-19(29(37)40)15-23(38)24(42-30(41)36(5)6)11-7-8-12-26(39)35(3)4/h8-10,12-13,16,18,24H,7,11,14-15,17H2,1-6H3,(H,33,34)/b12-8+/t24-/m0/s1. The number of halogens is 2. The molecule has 10 nitrogen and oxygen atoms in total. The van der Waals surface area contributed by atoms with E-state index in [1.54, 1.807) is 26.2 Å². The maximum Gasteiger partial charge on any atom is 0.409 e. The maximum atomic E-state index is 14.5. The van der Waals surface area contributed by atoms with E-state index in [2.05, 4.69) is 9.97 Å². The van der Waals surface area contributed by atoms with E-state index in [0.717, 1.165) is 6.07 Å². The van der Waals surface area contributed by atoms with Gasteiger partial charge in [-0.25, -0.2) is 18.6 Å². The number of pyridine rings is 1. The number of imidazole rings is 1. The average molecular weight is 586 g/mol. The van der Waals surface area contributed by atoms with E-state index in [-0.39, 0.29) is 42.3 Å². The van der Waals surface area contributed by atoms with Crippen molar-refractivity contribution in [3.63, 3.8) is 0 Å². The van der Waals surface area contributed by atoms with Crippen LogP contribution in [0.15, 0.2) is 41.3 Å². The number of allylic oxidation sites excluding steroid dienone is 1. The molecule has 1 aromatic carbocycles. The molecular formula is C30H37F2N5O5. The van der Waals surface area contributed by atoms with Crippen molar-refractivity contribution in [2.45, 2.75) is 52.2 Å². The molecule has 3 aromatic rings. The Kier molecular flexibility index (Phi) is 10.7. The highest BCUT2D eigenvalue weighted by Crippen LogP contribution is 2.25. The van der Waals surface area contributed by atoms with Gasteiger partial charge in [-0.15, -0.1) is 0 Å². The zero-order chi connectivity index (χ0) is 31.1. The summed E-state index contributed by atoms with van der Waals surface area (Å²) in [5, 5.41) is 0. The molecule has 226 valence electrons. The number of aromatic nitrogens is 3. The fraction of sp³-hybridized carbons (Fsp3) is 0.433. The molecule has 1 atom stereocenters. The Morgan fingerprint density at radius 2 is 1.86 bits per heavy atom. The molecule has 2 amide bonds. The molecule has 0 bridgehead atoms. The second-order valence-corrected chi connectivity index (χ2v) is 10.9. The van der Waals surface area contributed by atoms with E-state index in [4.69, 9.17) is 4.74 Å². The van der Waals surface area contributed by atoms with Crippen LogP contribution in [0.2, 0.25) is 0 Å². The minimum Gasteiger partial charge on any atom is -0.438 e. The molecule has 0 spiro atoms. The number of ketones is 1. The molecule has 0 saturated heterocycles. The summed E-state index contributed by atoms with van der Waals surface area (Å²) in [5.74, 6) is -2.21. The lowest BCUT2D eigenvalue weighted by Crippen LogP contribution is -2.35. The van der Waals surface area contributed by atoms with Crippen LogP contribution in [0.1, 0.15) is 43.6 Å². The Hall–Kier alpha value is -4.35. The molecule has 0 aliphatic rings. The molecule has 0 radical (unpaired) electrons. The normalized spacial score (nSPS) is 12.2. The number of amides is 2. The summed E-state index contributed by atoms with van der Waals surface area (Å²) < 4.78 is 35.5. The number of likely N-dealkylation sites (N-methyl/N-ethyl adjacent to an activating group) is 1. The van der Waals surface area contributed by atoms with E-state index in [1.165, 1.54) is 46.8 Å². The molecule has 3 rings (SSSR count). The van der Waals surface area contributed by atoms with Crippen LogP contribution in [0.3, 0.4) is 0 Å². The largest absolute Gasteiger partial charge is 0.438 e. The van der Waals surface area contributed by atoms with Crippen LogP contribution < -0.4 is 5.56 Å². The summed E-state index contributed by atoms with van der Waals surface area (Å²) >= 11 is 0. The van der Waals surface area contributed by atoms with Gasteiger partial charge in [0.05, 0.1) is 17.6 Å². The first-order valence-corrected chi connectivity index (χ1v) is 13.6. The van der Waals surface area contributed by atoms with Gasteiger partial charge in [0.15, 0.2) is 23.5 Å². The van der Waals surface area contributed by atoms with E-state index in [1.807, 2.05) is 13.8 Å².